The first kappa shape index (κ1) is 17.6. The number of thiophene rings is 1. The van der Waals surface area contributed by atoms with Crippen LogP contribution in [0.15, 0.2) is 77.2 Å². The Morgan fingerprint density at radius 1 is 0.867 bits per heavy atom. The highest BCUT2D eigenvalue weighted by Gasteiger charge is 2.14. The van der Waals surface area contributed by atoms with Gasteiger partial charge in [-0.25, -0.2) is 0 Å². The second kappa shape index (κ2) is 6.66. The second-order valence-electron chi connectivity index (χ2n) is 7.28. The highest BCUT2D eigenvalue weighted by Crippen LogP contribution is 2.39. The quantitative estimate of drug-likeness (QED) is 0.292. The van der Waals surface area contributed by atoms with Crippen LogP contribution in [0.1, 0.15) is 5.56 Å². The Morgan fingerprint density at radius 3 is 2.63 bits per heavy atom. The normalized spacial score (nSPS) is 11.8. The van der Waals surface area contributed by atoms with Gasteiger partial charge < -0.3 is 14.9 Å². The van der Waals surface area contributed by atoms with E-state index in [1.165, 1.54) is 20.2 Å². The standard InChI is InChI=1S/C25H16ClNO2S/c26-18-8-4-9-20-24(18)17-11-22(19(27)12-21(17)29-20)28-13-14-5-3-7-16-15-6-1-2-10-23(15)30-25(14)16/h1-12H,13,27H2. The zero-order valence-electron chi connectivity index (χ0n) is 15.8. The first-order valence-corrected chi connectivity index (χ1v) is 10.8. The number of nitrogen functional groups attached to an aromatic ring is 1. The fourth-order valence-corrected chi connectivity index (χ4v) is 5.49. The monoisotopic (exact) mass is 429 g/mol. The number of rotatable bonds is 3. The largest absolute Gasteiger partial charge is 0.487 e. The molecule has 0 bridgehead atoms. The fourth-order valence-electron chi connectivity index (χ4n) is 4.02. The van der Waals surface area contributed by atoms with Crippen LogP contribution in [0, 0.1) is 0 Å². The van der Waals surface area contributed by atoms with Crippen LogP contribution >= 0.6 is 22.9 Å². The third-order valence-electron chi connectivity index (χ3n) is 5.45. The SMILES string of the molecule is Nc1cc2oc3cccc(Cl)c3c2cc1OCc1cccc2c1sc1ccccc12. The van der Waals surface area contributed by atoms with Crippen molar-refractivity contribution in [2.45, 2.75) is 6.61 Å². The number of halogens is 1. The number of nitrogens with two attached hydrogens (primary N) is 1. The molecule has 0 unspecified atom stereocenters. The summed E-state index contributed by atoms with van der Waals surface area (Å²) < 4.78 is 14.6. The van der Waals surface area contributed by atoms with Crippen LogP contribution in [0.2, 0.25) is 5.02 Å². The summed E-state index contributed by atoms with van der Waals surface area (Å²) in [6, 6.07) is 24.2. The summed E-state index contributed by atoms with van der Waals surface area (Å²) in [5, 5.41) is 4.97. The number of hydrogen-bond donors (Lipinski definition) is 1. The predicted molar refractivity (Wildman–Crippen MR) is 127 cm³/mol. The molecule has 0 saturated heterocycles. The van der Waals surface area contributed by atoms with Crippen molar-refractivity contribution in [3.63, 3.8) is 0 Å². The van der Waals surface area contributed by atoms with E-state index in [1.54, 1.807) is 17.4 Å². The zero-order valence-corrected chi connectivity index (χ0v) is 17.4. The molecule has 6 aromatic rings. The van der Waals surface area contributed by atoms with Gasteiger partial charge in [0.2, 0.25) is 0 Å². The van der Waals surface area contributed by atoms with Crippen molar-refractivity contribution in [2.24, 2.45) is 0 Å². The summed E-state index contributed by atoms with van der Waals surface area (Å²) in [6.45, 7) is 0.434. The molecule has 0 aliphatic carbocycles. The molecule has 2 heterocycles. The molecule has 0 spiro atoms. The summed E-state index contributed by atoms with van der Waals surface area (Å²) in [4.78, 5) is 0. The maximum Gasteiger partial charge on any atom is 0.143 e. The van der Waals surface area contributed by atoms with Gasteiger partial charge in [-0.2, -0.15) is 0 Å². The van der Waals surface area contributed by atoms with E-state index in [9.17, 15) is 0 Å². The number of furan rings is 1. The average molecular weight is 430 g/mol. The Balaban J connectivity index is 1.42. The lowest BCUT2D eigenvalue weighted by Crippen LogP contribution is -1.99. The summed E-state index contributed by atoms with van der Waals surface area (Å²) in [6.07, 6.45) is 0. The average Bonchev–Trinajstić information content (AvgIpc) is 3.31. The molecular weight excluding hydrogens is 414 g/mol. The van der Waals surface area contributed by atoms with Crippen molar-refractivity contribution in [2.75, 3.05) is 5.73 Å². The van der Waals surface area contributed by atoms with Crippen LogP contribution in [0.5, 0.6) is 5.75 Å². The molecule has 0 fully saturated rings. The van der Waals surface area contributed by atoms with Crippen molar-refractivity contribution in [3.05, 3.63) is 83.4 Å². The maximum atomic E-state index is 6.42. The van der Waals surface area contributed by atoms with Gasteiger partial charge >= 0.3 is 0 Å². The molecule has 0 aliphatic rings. The Morgan fingerprint density at radius 2 is 1.70 bits per heavy atom. The lowest BCUT2D eigenvalue weighted by molar-refractivity contribution is 0.310. The van der Waals surface area contributed by atoms with Crippen molar-refractivity contribution in [3.8, 4) is 5.75 Å². The molecule has 0 atom stereocenters. The molecule has 6 rings (SSSR count). The Hall–Kier alpha value is -3.21. The van der Waals surface area contributed by atoms with Crippen LogP contribution in [0.3, 0.4) is 0 Å². The van der Waals surface area contributed by atoms with Crippen LogP contribution < -0.4 is 10.5 Å². The smallest absolute Gasteiger partial charge is 0.143 e. The summed E-state index contributed by atoms with van der Waals surface area (Å²) in [5.74, 6) is 0.628. The van der Waals surface area contributed by atoms with E-state index in [2.05, 4.69) is 42.5 Å². The Labute approximate surface area is 181 Å². The van der Waals surface area contributed by atoms with Crippen LogP contribution in [0.4, 0.5) is 5.69 Å². The minimum Gasteiger partial charge on any atom is -0.487 e. The molecule has 0 aliphatic heterocycles. The summed E-state index contributed by atoms with van der Waals surface area (Å²) >= 11 is 8.21. The number of ether oxygens (including phenoxy) is 1. The third-order valence-corrected chi connectivity index (χ3v) is 7.02. The van der Waals surface area contributed by atoms with Crippen molar-refractivity contribution >= 4 is 70.7 Å². The maximum absolute atomic E-state index is 6.42. The van der Waals surface area contributed by atoms with Gasteiger partial charge in [0.1, 0.15) is 23.5 Å². The number of benzene rings is 4. The van der Waals surface area contributed by atoms with E-state index in [1.807, 2.05) is 24.3 Å². The molecule has 146 valence electrons. The minimum atomic E-state index is 0.434. The van der Waals surface area contributed by atoms with Crippen LogP contribution in [-0.4, -0.2) is 0 Å². The van der Waals surface area contributed by atoms with Gasteiger partial charge in [-0.05, 0) is 24.3 Å². The Kier molecular flexibility index (Phi) is 3.91. The van der Waals surface area contributed by atoms with Crippen LogP contribution in [0.25, 0.3) is 42.1 Å². The molecule has 3 nitrogen and oxygen atoms in total. The fraction of sp³-hybridized carbons (Fsp3) is 0.0400. The highest BCUT2D eigenvalue weighted by molar-refractivity contribution is 7.26. The van der Waals surface area contributed by atoms with E-state index in [-0.39, 0.29) is 0 Å². The second-order valence-corrected chi connectivity index (χ2v) is 8.74. The summed E-state index contributed by atoms with van der Waals surface area (Å²) in [7, 11) is 0. The Bertz CT molecular complexity index is 1580. The summed E-state index contributed by atoms with van der Waals surface area (Å²) in [5.41, 5.74) is 9.40. The molecule has 4 aromatic carbocycles. The molecule has 2 aromatic heterocycles. The molecule has 0 amide bonds. The van der Waals surface area contributed by atoms with E-state index in [0.717, 1.165) is 21.9 Å². The molecule has 0 saturated carbocycles. The van der Waals surface area contributed by atoms with Gasteiger partial charge in [0, 0.05) is 42.6 Å². The van der Waals surface area contributed by atoms with Gasteiger partial charge in [0.25, 0.3) is 0 Å². The number of fused-ring (bicyclic) bond motifs is 6. The lowest BCUT2D eigenvalue weighted by Gasteiger charge is -2.10. The molecular formula is C25H16ClNO2S. The third kappa shape index (κ3) is 2.65. The first-order chi connectivity index (χ1) is 14.7. The van der Waals surface area contributed by atoms with Gasteiger partial charge in [0.15, 0.2) is 0 Å². The van der Waals surface area contributed by atoms with Gasteiger partial charge in [0.05, 0.1) is 10.7 Å². The zero-order chi connectivity index (χ0) is 20.2. The van der Waals surface area contributed by atoms with E-state index >= 15 is 0 Å². The predicted octanol–water partition coefficient (Wildman–Crippen LogP) is 7.77. The van der Waals surface area contributed by atoms with Crippen molar-refractivity contribution in [1.29, 1.82) is 0 Å². The van der Waals surface area contributed by atoms with E-state index in [4.69, 9.17) is 26.5 Å². The number of hydrogen-bond acceptors (Lipinski definition) is 4. The van der Waals surface area contributed by atoms with Gasteiger partial charge in [-0.15, -0.1) is 11.3 Å². The number of anilines is 1. The van der Waals surface area contributed by atoms with Gasteiger partial charge in [-0.1, -0.05) is 54.1 Å². The topological polar surface area (TPSA) is 48.4 Å². The molecule has 2 N–H and O–H groups in total. The molecule has 5 heteroatoms. The van der Waals surface area contributed by atoms with Crippen molar-refractivity contribution < 1.29 is 9.15 Å². The van der Waals surface area contributed by atoms with E-state index in [0.29, 0.717) is 28.6 Å². The van der Waals surface area contributed by atoms with E-state index < -0.39 is 0 Å². The minimum absolute atomic E-state index is 0.434. The van der Waals surface area contributed by atoms with Crippen molar-refractivity contribution in [1.82, 2.24) is 0 Å². The van der Waals surface area contributed by atoms with Gasteiger partial charge in [-0.3, -0.25) is 0 Å². The van der Waals surface area contributed by atoms with Crippen LogP contribution in [-0.2, 0) is 6.61 Å². The lowest BCUT2D eigenvalue weighted by atomic mass is 10.1. The highest BCUT2D eigenvalue weighted by atomic mass is 35.5. The first-order valence-electron chi connectivity index (χ1n) is 9.61. The molecule has 0 radical (unpaired) electrons. The molecule has 30 heavy (non-hydrogen) atoms.